The summed E-state index contributed by atoms with van der Waals surface area (Å²) in [4.78, 5) is 4.11. The molecule has 0 aromatic heterocycles. The predicted molar refractivity (Wildman–Crippen MR) is 86.4 cm³/mol. The second-order valence-corrected chi connectivity index (χ2v) is 4.13. The number of aliphatic imine (C=N–C) groups is 1. The summed E-state index contributed by atoms with van der Waals surface area (Å²) in [6, 6.07) is 0. The number of rotatable bonds is 8. The van der Waals surface area contributed by atoms with E-state index in [0.717, 1.165) is 51.7 Å². The van der Waals surface area contributed by atoms with Crippen molar-refractivity contribution in [2.24, 2.45) is 4.99 Å². The molecule has 6 nitrogen and oxygen atoms in total. The number of nitrogens with zero attached hydrogens (tertiary/aromatic N) is 1. The van der Waals surface area contributed by atoms with Crippen LogP contribution < -0.4 is 10.6 Å². The van der Waals surface area contributed by atoms with E-state index < -0.39 is 0 Å². The van der Waals surface area contributed by atoms with Crippen LogP contribution in [0.3, 0.4) is 0 Å². The van der Waals surface area contributed by atoms with Crippen molar-refractivity contribution in [3.63, 3.8) is 0 Å². The van der Waals surface area contributed by atoms with Crippen LogP contribution in [0, 0.1) is 0 Å². The van der Waals surface area contributed by atoms with E-state index in [0.29, 0.717) is 12.7 Å². The first-order valence-electron chi connectivity index (χ1n) is 6.49. The van der Waals surface area contributed by atoms with E-state index in [-0.39, 0.29) is 24.0 Å². The fraction of sp³-hybridized carbons (Fsp3) is 0.917. The average Bonchev–Trinajstić information content (AvgIpc) is 2.89. The van der Waals surface area contributed by atoms with Crippen molar-refractivity contribution in [2.45, 2.75) is 18.9 Å². The molecule has 1 aliphatic rings. The smallest absolute Gasteiger partial charge is 0.191 e. The van der Waals surface area contributed by atoms with Gasteiger partial charge in [0.05, 0.1) is 19.3 Å². The molecule has 1 rings (SSSR count). The van der Waals surface area contributed by atoms with Crippen molar-refractivity contribution in [1.82, 2.24) is 10.6 Å². The van der Waals surface area contributed by atoms with Crippen LogP contribution in [0.25, 0.3) is 0 Å². The maximum atomic E-state index is 5.67. The summed E-state index contributed by atoms with van der Waals surface area (Å²) in [5.74, 6) is 0.802. The van der Waals surface area contributed by atoms with Gasteiger partial charge in [0, 0.05) is 40.5 Å². The Morgan fingerprint density at radius 2 is 2.11 bits per heavy atom. The van der Waals surface area contributed by atoms with Crippen LogP contribution in [-0.4, -0.2) is 65.7 Å². The lowest BCUT2D eigenvalue weighted by molar-refractivity contribution is 0.0420. The van der Waals surface area contributed by atoms with Crippen LogP contribution in [0.2, 0.25) is 0 Å². The zero-order valence-electron chi connectivity index (χ0n) is 11.8. The van der Waals surface area contributed by atoms with Crippen LogP contribution in [0.5, 0.6) is 0 Å². The molecular formula is C12H26IN3O3. The lowest BCUT2D eigenvalue weighted by Crippen LogP contribution is -2.39. The molecule has 7 heteroatoms. The first kappa shape index (κ1) is 18.9. The molecule has 0 saturated carbocycles. The van der Waals surface area contributed by atoms with Crippen LogP contribution in [0.1, 0.15) is 12.8 Å². The first-order chi connectivity index (χ1) is 8.86. The van der Waals surface area contributed by atoms with E-state index in [2.05, 4.69) is 15.6 Å². The Bertz CT molecular complexity index is 236. The molecule has 0 aliphatic carbocycles. The van der Waals surface area contributed by atoms with Crippen LogP contribution >= 0.6 is 24.0 Å². The molecule has 0 aromatic rings. The van der Waals surface area contributed by atoms with Gasteiger partial charge in [-0.2, -0.15) is 0 Å². The third-order valence-corrected chi connectivity index (χ3v) is 2.68. The maximum Gasteiger partial charge on any atom is 0.191 e. The molecule has 0 spiro atoms. The highest BCUT2D eigenvalue weighted by molar-refractivity contribution is 14.0. The maximum absolute atomic E-state index is 5.67. The van der Waals surface area contributed by atoms with Crippen molar-refractivity contribution < 1.29 is 14.2 Å². The van der Waals surface area contributed by atoms with Gasteiger partial charge in [-0.25, -0.2) is 0 Å². The van der Waals surface area contributed by atoms with Crippen molar-refractivity contribution in [1.29, 1.82) is 0 Å². The standard InChI is InChI=1S/C12H25N3O3.HI/c1-13-12(15-6-9-16-2)14-5-3-7-18-11-4-8-17-10-11;/h11H,3-10H2,1-2H3,(H2,13,14,15);1H. The summed E-state index contributed by atoms with van der Waals surface area (Å²) in [5.41, 5.74) is 0. The second-order valence-electron chi connectivity index (χ2n) is 4.13. The molecule has 2 N–H and O–H groups in total. The third-order valence-electron chi connectivity index (χ3n) is 2.68. The monoisotopic (exact) mass is 387 g/mol. The minimum absolute atomic E-state index is 0. The van der Waals surface area contributed by atoms with Gasteiger partial charge in [-0.3, -0.25) is 4.99 Å². The SMILES string of the molecule is CN=C(NCCCOC1CCOC1)NCCOC.I. The van der Waals surface area contributed by atoms with Gasteiger partial charge in [0.25, 0.3) is 0 Å². The zero-order chi connectivity index (χ0) is 13.1. The van der Waals surface area contributed by atoms with Crippen molar-refractivity contribution >= 4 is 29.9 Å². The van der Waals surface area contributed by atoms with Gasteiger partial charge >= 0.3 is 0 Å². The van der Waals surface area contributed by atoms with Crippen molar-refractivity contribution in [2.75, 3.05) is 53.7 Å². The molecule has 1 fully saturated rings. The van der Waals surface area contributed by atoms with Gasteiger partial charge in [0.15, 0.2) is 5.96 Å². The normalized spacial score (nSPS) is 19.1. The predicted octanol–water partition coefficient (Wildman–Crippen LogP) is 0.611. The number of hydrogen-bond donors (Lipinski definition) is 2. The van der Waals surface area contributed by atoms with Crippen molar-refractivity contribution in [3.05, 3.63) is 0 Å². The summed E-state index contributed by atoms with van der Waals surface area (Å²) in [7, 11) is 3.44. The van der Waals surface area contributed by atoms with Gasteiger partial charge in [-0.1, -0.05) is 0 Å². The minimum Gasteiger partial charge on any atom is -0.383 e. The number of methoxy groups -OCH3 is 1. The summed E-state index contributed by atoms with van der Waals surface area (Å²) in [5, 5.41) is 6.38. The Hall–Kier alpha value is -0.120. The molecule has 1 aliphatic heterocycles. The summed E-state index contributed by atoms with van der Waals surface area (Å²) >= 11 is 0. The molecule has 1 saturated heterocycles. The van der Waals surface area contributed by atoms with Crippen LogP contribution in [0.15, 0.2) is 4.99 Å². The third kappa shape index (κ3) is 9.42. The van der Waals surface area contributed by atoms with Crippen LogP contribution in [-0.2, 0) is 14.2 Å². The number of nitrogens with one attached hydrogen (secondary N) is 2. The number of ether oxygens (including phenoxy) is 3. The highest BCUT2D eigenvalue weighted by Crippen LogP contribution is 2.07. The molecule has 0 aromatic carbocycles. The molecule has 114 valence electrons. The Morgan fingerprint density at radius 1 is 1.32 bits per heavy atom. The quantitative estimate of drug-likeness (QED) is 0.277. The molecule has 0 amide bonds. The molecule has 0 bridgehead atoms. The molecule has 1 heterocycles. The fourth-order valence-corrected chi connectivity index (χ4v) is 1.67. The topological polar surface area (TPSA) is 64.1 Å². The van der Waals surface area contributed by atoms with E-state index in [1.165, 1.54) is 0 Å². The lowest BCUT2D eigenvalue weighted by atomic mass is 10.3. The molecule has 19 heavy (non-hydrogen) atoms. The highest BCUT2D eigenvalue weighted by atomic mass is 127. The average molecular weight is 387 g/mol. The Kier molecular flexibility index (Phi) is 12.8. The van der Waals surface area contributed by atoms with E-state index in [4.69, 9.17) is 14.2 Å². The number of hydrogen-bond acceptors (Lipinski definition) is 4. The fourth-order valence-electron chi connectivity index (χ4n) is 1.67. The van der Waals surface area contributed by atoms with Gasteiger partial charge in [-0.15, -0.1) is 24.0 Å². The summed E-state index contributed by atoms with van der Waals surface area (Å²) in [6.07, 6.45) is 2.28. The van der Waals surface area contributed by atoms with E-state index >= 15 is 0 Å². The van der Waals surface area contributed by atoms with Crippen molar-refractivity contribution in [3.8, 4) is 0 Å². The zero-order valence-corrected chi connectivity index (χ0v) is 14.1. The largest absolute Gasteiger partial charge is 0.383 e. The summed E-state index contributed by atoms with van der Waals surface area (Å²) < 4.78 is 15.9. The molecule has 1 atom stereocenters. The van der Waals surface area contributed by atoms with Gasteiger partial charge < -0.3 is 24.8 Å². The summed E-state index contributed by atoms with van der Waals surface area (Å²) in [6.45, 7) is 4.61. The highest BCUT2D eigenvalue weighted by Gasteiger charge is 2.15. The van der Waals surface area contributed by atoms with E-state index in [9.17, 15) is 0 Å². The molecule has 0 radical (unpaired) electrons. The molecule has 1 unspecified atom stereocenters. The van der Waals surface area contributed by atoms with E-state index in [1.54, 1.807) is 14.2 Å². The second kappa shape index (κ2) is 12.9. The Morgan fingerprint density at radius 3 is 2.74 bits per heavy atom. The Balaban J connectivity index is 0.00000324. The number of guanidine groups is 1. The van der Waals surface area contributed by atoms with E-state index in [1.807, 2.05) is 0 Å². The van der Waals surface area contributed by atoms with Gasteiger partial charge in [-0.05, 0) is 12.8 Å². The van der Waals surface area contributed by atoms with Gasteiger partial charge in [0.1, 0.15) is 0 Å². The first-order valence-corrected chi connectivity index (χ1v) is 6.49. The Labute approximate surface area is 132 Å². The molecular weight excluding hydrogens is 361 g/mol. The van der Waals surface area contributed by atoms with Crippen LogP contribution in [0.4, 0.5) is 0 Å². The number of halogens is 1. The lowest BCUT2D eigenvalue weighted by Gasteiger charge is -2.12. The minimum atomic E-state index is 0. The van der Waals surface area contributed by atoms with Gasteiger partial charge in [0.2, 0.25) is 0 Å².